The van der Waals surface area contributed by atoms with Gasteiger partial charge in [-0.05, 0) is 61.7 Å². The summed E-state index contributed by atoms with van der Waals surface area (Å²) >= 11 is 0. The lowest BCUT2D eigenvalue weighted by molar-refractivity contribution is -0.139. The summed E-state index contributed by atoms with van der Waals surface area (Å²) in [4.78, 5) is 28.9. The van der Waals surface area contributed by atoms with Gasteiger partial charge in [-0.1, -0.05) is 43.2 Å². The van der Waals surface area contributed by atoms with Crippen molar-refractivity contribution in [2.45, 2.75) is 56.1 Å². The zero-order valence-corrected chi connectivity index (χ0v) is 25.8. The highest BCUT2D eigenvalue weighted by Gasteiger charge is 2.33. The number of sulfonamides is 1. The van der Waals surface area contributed by atoms with Crippen LogP contribution in [0.15, 0.2) is 77.7 Å². The van der Waals surface area contributed by atoms with E-state index in [1.807, 2.05) is 6.07 Å². The van der Waals surface area contributed by atoms with Crippen molar-refractivity contribution in [2.24, 2.45) is 0 Å². The van der Waals surface area contributed by atoms with Gasteiger partial charge in [-0.15, -0.1) is 0 Å². The van der Waals surface area contributed by atoms with Crippen LogP contribution in [0, 0.1) is 0 Å². The van der Waals surface area contributed by atoms with E-state index in [1.54, 1.807) is 62.6 Å². The van der Waals surface area contributed by atoms with E-state index < -0.39 is 28.5 Å². The standard InChI is InChI=1S/C32H39N3O7S/c1-23(32(37)33-25-12-8-9-13-25)34(21-24-11-10-16-27(19-24)40-2)31(36)22-35(26-14-6-5-7-15-26)43(38,39)28-17-18-29(41-3)30(20-28)42-4/h5-7,10-11,14-20,23,25H,8-9,12-13,21-22H2,1-4H3,(H,33,37). The van der Waals surface area contributed by atoms with Crippen LogP contribution in [-0.2, 0) is 26.2 Å². The number of carbonyl (C=O) groups is 2. The van der Waals surface area contributed by atoms with E-state index in [2.05, 4.69) is 5.32 Å². The van der Waals surface area contributed by atoms with Crippen LogP contribution in [0.4, 0.5) is 5.69 Å². The molecule has 2 amide bonds. The van der Waals surface area contributed by atoms with Gasteiger partial charge in [0.15, 0.2) is 11.5 Å². The van der Waals surface area contributed by atoms with Crippen LogP contribution < -0.4 is 23.8 Å². The summed E-state index contributed by atoms with van der Waals surface area (Å²) in [5.74, 6) is 0.395. The highest BCUT2D eigenvalue weighted by molar-refractivity contribution is 7.92. The third-order valence-electron chi connectivity index (χ3n) is 7.62. The molecule has 4 rings (SSSR count). The Kier molecular flexibility index (Phi) is 10.5. The first-order valence-electron chi connectivity index (χ1n) is 14.2. The van der Waals surface area contributed by atoms with Gasteiger partial charge in [0, 0.05) is 18.7 Å². The molecule has 1 atom stereocenters. The Morgan fingerprint density at radius 1 is 0.884 bits per heavy atom. The maximum Gasteiger partial charge on any atom is 0.264 e. The molecule has 0 radical (unpaired) electrons. The average molecular weight is 610 g/mol. The predicted molar refractivity (Wildman–Crippen MR) is 164 cm³/mol. The molecule has 1 aliphatic carbocycles. The van der Waals surface area contributed by atoms with Crippen molar-refractivity contribution < 1.29 is 32.2 Å². The Bertz CT molecular complexity index is 1510. The molecule has 0 aliphatic heterocycles. The first kappa shape index (κ1) is 31.7. The predicted octanol–water partition coefficient (Wildman–Crippen LogP) is 4.38. The summed E-state index contributed by atoms with van der Waals surface area (Å²) in [6, 6.07) is 19.1. The van der Waals surface area contributed by atoms with E-state index in [0.717, 1.165) is 35.6 Å². The molecule has 1 N–H and O–H groups in total. The van der Waals surface area contributed by atoms with Crippen LogP contribution in [0.1, 0.15) is 38.2 Å². The van der Waals surface area contributed by atoms with E-state index in [0.29, 0.717) is 17.2 Å². The second-order valence-corrected chi connectivity index (χ2v) is 12.3. The molecule has 0 spiro atoms. The molecule has 1 saturated carbocycles. The Hall–Kier alpha value is -4.25. The first-order chi connectivity index (χ1) is 20.7. The molecule has 3 aromatic rings. The topological polar surface area (TPSA) is 114 Å². The van der Waals surface area contributed by atoms with Crippen LogP contribution >= 0.6 is 0 Å². The molecule has 43 heavy (non-hydrogen) atoms. The van der Waals surface area contributed by atoms with E-state index in [1.165, 1.54) is 37.3 Å². The average Bonchev–Trinajstić information content (AvgIpc) is 3.55. The first-order valence-corrected chi connectivity index (χ1v) is 15.6. The second-order valence-electron chi connectivity index (χ2n) is 10.4. The van der Waals surface area contributed by atoms with Crippen LogP contribution in [-0.4, -0.2) is 65.1 Å². The molecule has 1 aliphatic rings. The number of para-hydroxylation sites is 1. The monoisotopic (exact) mass is 609 g/mol. The zero-order valence-electron chi connectivity index (χ0n) is 25.0. The highest BCUT2D eigenvalue weighted by atomic mass is 32.2. The molecule has 0 aromatic heterocycles. The fourth-order valence-electron chi connectivity index (χ4n) is 5.17. The summed E-state index contributed by atoms with van der Waals surface area (Å²) in [5, 5.41) is 3.07. The number of amides is 2. The number of ether oxygens (including phenoxy) is 3. The van der Waals surface area contributed by atoms with Gasteiger partial charge in [0.1, 0.15) is 18.3 Å². The van der Waals surface area contributed by atoms with Gasteiger partial charge in [-0.25, -0.2) is 8.42 Å². The minimum absolute atomic E-state index is 0.0648. The van der Waals surface area contributed by atoms with Crippen LogP contribution in [0.3, 0.4) is 0 Å². The molecule has 0 saturated heterocycles. The van der Waals surface area contributed by atoms with E-state index in [9.17, 15) is 18.0 Å². The smallest absolute Gasteiger partial charge is 0.264 e. The Morgan fingerprint density at radius 3 is 2.23 bits per heavy atom. The lowest BCUT2D eigenvalue weighted by atomic mass is 10.1. The van der Waals surface area contributed by atoms with Gasteiger partial charge in [0.25, 0.3) is 10.0 Å². The van der Waals surface area contributed by atoms with Gasteiger partial charge in [0.2, 0.25) is 11.8 Å². The van der Waals surface area contributed by atoms with Gasteiger partial charge in [-0.2, -0.15) is 0 Å². The van der Waals surface area contributed by atoms with Crippen molar-refractivity contribution in [3.8, 4) is 17.2 Å². The fraction of sp³-hybridized carbons (Fsp3) is 0.375. The van der Waals surface area contributed by atoms with Crippen molar-refractivity contribution in [2.75, 3.05) is 32.2 Å². The number of hydrogen-bond acceptors (Lipinski definition) is 7. The summed E-state index contributed by atoms with van der Waals surface area (Å²) in [7, 11) is 0.171. The van der Waals surface area contributed by atoms with E-state index >= 15 is 0 Å². The van der Waals surface area contributed by atoms with Crippen LogP contribution in [0.2, 0.25) is 0 Å². The van der Waals surface area contributed by atoms with Gasteiger partial charge in [0.05, 0.1) is 31.9 Å². The Morgan fingerprint density at radius 2 is 1.58 bits per heavy atom. The number of anilines is 1. The number of benzene rings is 3. The number of rotatable bonds is 13. The molecule has 11 heteroatoms. The van der Waals surface area contributed by atoms with Crippen LogP contribution in [0.5, 0.6) is 17.2 Å². The number of nitrogens with one attached hydrogen (secondary N) is 1. The lowest BCUT2D eigenvalue weighted by Crippen LogP contribution is -2.52. The Labute approximate surface area is 253 Å². The maximum atomic E-state index is 14.1. The number of methoxy groups -OCH3 is 3. The summed E-state index contributed by atoms with van der Waals surface area (Å²) in [6.07, 6.45) is 3.89. The number of hydrogen-bond donors (Lipinski definition) is 1. The molecule has 0 bridgehead atoms. The fourth-order valence-corrected chi connectivity index (χ4v) is 6.60. The minimum atomic E-state index is -4.26. The Balaban J connectivity index is 1.70. The van der Waals surface area contributed by atoms with Crippen LogP contribution in [0.25, 0.3) is 0 Å². The molecule has 0 heterocycles. The zero-order chi connectivity index (χ0) is 31.0. The highest BCUT2D eigenvalue weighted by Crippen LogP contribution is 2.32. The van der Waals surface area contributed by atoms with E-state index in [4.69, 9.17) is 14.2 Å². The van der Waals surface area contributed by atoms with Crippen molar-refractivity contribution in [1.82, 2.24) is 10.2 Å². The second kappa shape index (κ2) is 14.3. The lowest BCUT2D eigenvalue weighted by Gasteiger charge is -2.32. The van der Waals surface area contributed by atoms with Gasteiger partial charge in [-0.3, -0.25) is 13.9 Å². The van der Waals surface area contributed by atoms with E-state index in [-0.39, 0.29) is 29.1 Å². The normalized spacial score (nSPS) is 14.0. The number of carbonyl (C=O) groups excluding carboxylic acids is 2. The van der Waals surface area contributed by atoms with Gasteiger partial charge >= 0.3 is 0 Å². The summed E-state index contributed by atoms with van der Waals surface area (Å²) < 4.78 is 45.2. The summed E-state index contributed by atoms with van der Waals surface area (Å²) in [6.45, 7) is 1.21. The van der Waals surface area contributed by atoms with Gasteiger partial charge < -0.3 is 24.4 Å². The molecule has 3 aromatic carbocycles. The molecular formula is C32H39N3O7S. The van der Waals surface area contributed by atoms with Crippen molar-refractivity contribution >= 4 is 27.5 Å². The van der Waals surface area contributed by atoms with Crippen molar-refractivity contribution in [3.05, 3.63) is 78.4 Å². The third-order valence-corrected chi connectivity index (χ3v) is 9.39. The molecule has 1 fully saturated rings. The number of nitrogens with zero attached hydrogens (tertiary/aromatic N) is 2. The minimum Gasteiger partial charge on any atom is -0.497 e. The SMILES string of the molecule is COc1cccc(CN(C(=O)CN(c2ccccc2)S(=O)(=O)c2ccc(OC)c(OC)c2)C(C)C(=O)NC2CCCC2)c1. The largest absolute Gasteiger partial charge is 0.497 e. The summed E-state index contributed by atoms with van der Waals surface area (Å²) in [5.41, 5.74) is 1.04. The quantitative estimate of drug-likeness (QED) is 0.306. The van der Waals surface area contributed by atoms with Crippen molar-refractivity contribution in [3.63, 3.8) is 0 Å². The van der Waals surface area contributed by atoms with Crippen molar-refractivity contribution in [1.29, 1.82) is 0 Å². The maximum absolute atomic E-state index is 14.1. The molecule has 1 unspecified atom stereocenters. The molecule has 10 nitrogen and oxygen atoms in total. The third kappa shape index (κ3) is 7.59. The molecular weight excluding hydrogens is 570 g/mol. The molecule has 230 valence electrons.